The molecule has 0 bridgehead atoms. The molecular weight excluding hydrogens is 399 g/mol. The molecule has 2 unspecified atom stereocenters. The third-order valence-corrected chi connectivity index (χ3v) is 5.99. The van der Waals surface area contributed by atoms with Crippen LogP contribution in [0, 0.1) is 11.8 Å². The van der Waals surface area contributed by atoms with Crippen molar-refractivity contribution in [3.63, 3.8) is 0 Å². The minimum Gasteiger partial charge on any atom is -0.481 e. The number of alkyl halides is 2. The molecule has 0 aliphatic carbocycles. The van der Waals surface area contributed by atoms with Gasteiger partial charge in [-0.05, 0) is 37.5 Å². The predicted octanol–water partition coefficient (Wildman–Crippen LogP) is 7.11. The smallest absolute Gasteiger partial charge is 0.303 e. The maximum absolute atomic E-state index is 11.3. The van der Waals surface area contributed by atoms with Gasteiger partial charge in [-0.2, -0.15) is 0 Å². The summed E-state index contributed by atoms with van der Waals surface area (Å²) < 4.78 is 0. The van der Waals surface area contributed by atoms with Crippen LogP contribution in [0.4, 0.5) is 0 Å². The Morgan fingerprint density at radius 2 is 0.821 bits per heavy atom. The SMILES string of the molecule is O=C(O)CC(CCCCCCCCCl)C(CCCCCCCCCl)CC(=O)O. The number of aliphatic carboxylic acids is 2. The fraction of sp³-hybridized carbons (Fsp3) is 0.909. The lowest BCUT2D eigenvalue weighted by molar-refractivity contribution is -0.142. The first kappa shape index (κ1) is 27.5. The minimum absolute atomic E-state index is 0.0345. The Hall–Kier alpha value is -0.480. The van der Waals surface area contributed by atoms with Crippen molar-refractivity contribution in [2.45, 2.75) is 103 Å². The maximum atomic E-state index is 11.3. The summed E-state index contributed by atoms with van der Waals surface area (Å²) in [6, 6.07) is 0. The van der Waals surface area contributed by atoms with Gasteiger partial charge in [0.05, 0.1) is 0 Å². The fourth-order valence-corrected chi connectivity index (χ4v) is 4.25. The molecule has 0 aromatic rings. The number of hydrogen-bond acceptors (Lipinski definition) is 2. The predicted molar refractivity (Wildman–Crippen MR) is 118 cm³/mol. The Morgan fingerprint density at radius 3 is 1.11 bits per heavy atom. The zero-order valence-electron chi connectivity index (χ0n) is 17.3. The molecule has 0 fully saturated rings. The third-order valence-electron chi connectivity index (χ3n) is 5.46. The Labute approximate surface area is 181 Å². The van der Waals surface area contributed by atoms with E-state index in [1.165, 1.54) is 12.8 Å². The summed E-state index contributed by atoms with van der Waals surface area (Å²) in [6.45, 7) is 0. The van der Waals surface area contributed by atoms with Crippen molar-refractivity contribution >= 4 is 35.1 Å². The Balaban J connectivity index is 4.36. The van der Waals surface area contributed by atoms with E-state index in [1.807, 2.05) is 0 Å². The number of carboxylic acids is 2. The lowest BCUT2D eigenvalue weighted by Crippen LogP contribution is -2.21. The van der Waals surface area contributed by atoms with E-state index in [9.17, 15) is 19.8 Å². The zero-order valence-corrected chi connectivity index (χ0v) is 18.9. The van der Waals surface area contributed by atoms with Crippen LogP contribution in [0.5, 0.6) is 0 Å². The number of carbonyl (C=O) groups is 2. The summed E-state index contributed by atoms with van der Waals surface area (Å²) in [5, 5.41) is 18.6. The van der Waals surface area contributed by atoms with E-state index >= 15 is 0 Å². The zero-order chi connectivity index (χ0) is 21.0. The second kappa shape index (κ2) is 19.8. The van der Waals surface area contributed by atoms with Crippen molar-refractivity contribution in [2.24, 2.45) is 11.8 Å². The first-order valence-electron chi connectivity index (χ1n) is 11.1. The van der Waals surface area contributed by atoms with Gasteiger partial charge >= 0.3 is 11.9 Å². The second-order valence-corrected chi connectivity index (χ2v) is 8.67. The van der Waals surface area contributed by atoms with Crippen LogP contribution in [-0.2, 0) is 9.59 Å². The highest BCUT2D eigenvalue weighted by Crippen LogP contribution is 2.30. The van der Waals surface area contributed by atoms with Crippen molar-refractivity contribution in [1.82, 2.24) is 0 Å². The summed E-state index contributed by atoms with van der Waals surface area (Å²) in [4.78, 5) is 22.6. The summed E-state index contributed by atoms with van der Waals surface area (Å²) >= 11 is 11.4. The number of unbranched alkanes of at least 4 members (excludes halogenated alkanes) is 10. The number of hydrogen-bond donors (Lipinski definition) is 2. The molecule has 4 nitrogen and oxygen atoms in total. The van der Waals surface area contributed by atoms with Crippen LogP contribution in [0.2, 0.25) is 0 Å². The normalized spacial score (nSPS) is 13.4. The van der Waals surface area contributed by atoms with Gasteiger partial charge in [-0.3, -0.25) is 9.59 Å². The molecule has 0 aliphatic rings. The van der Waals surface area contributed by atoms with Crippen LogP contribution < -0.4 is 0 Å². The Kier molecular flexibility index (Phi) is 19.5. The maximum Gasteiger partial charge on any atom is 0.303 e. The van der Waals surface area contributed by atoms with E-state index in [2.05, 4.69) is 0 Å². The van der Waals surface area contributed by atoms with Gasteiger partial charge < -0.3 is 10.2 Å². The van der Waals surface area contributed by atoms with Crippen LogP contribution in [0.25, 0.3) is 0 Å². The lowest BCUT2D eigenvalue weighted by atomic mass is 9.80. The molecule has 2 N–H and O–H groups in total. The summed E-state index contributed by atoms with van der Waals surface area (Å²) in [6.07, 6.45) is 14.9. The molecule has 6 heteroatoms. The molecule has 166 valence electrons. The molecule has 0 radical (unpaired) electrons. The molecule has 0 saturated heterocycles. The minimum atomic E-state index is -0.816. The van der Waals surface area contributed by atoms with E-state index in [4.69, 9.17) is 23.2 Å². The Bertz CT molecular complexity index is 355. The van der Waals surface area contributed by atoms with E-state index in [1.54, 1.807) is 0 Å². The average molecular weight is 439 g/mol. The van der Waals surface area contributed by atoms with Crippen molar-refractivity contribution in [3.8, 4) is 0 Å². The quantitative estimate of drug-likeness (QED) is 0.148. The van der Waals surface area contributed by atoms with Crippen molar-refractivity contribution in [2.75, 3.05) is 11.8 Å². The first-order valence-corrected chi connectivity index (χ1v) is 12.1. The van der Waals surface area contributed by atoms with Gasteiger partial charge in [-0.15, -0.1) is 23.2 Å². The summed E-state index contributed by atoms with van der Waals surface area (Å²) in [5.74, 6) is -0.276. The molecule has 0 amide bonds. The highest BCUT2D eigenvalue weighted by molar-refractivity contribution is 6.18. The number of carboxylic acid groups (broad SMARTS) is 2. The third kappa shape index (κ3) is 17.6. The van der Waals surface area contributed by atoms with Gasteiger partial charge in [-0.1, -0.05) is 64.2 Å². The van der Waals surface area contributed by atoms with Crippen molar-refractivity contribution in [3.05, 3.63) is 0 Å². The van der Waals surface area contributed by atoms with Gasteiger partial charge in [0, 0.05) is 24.6 Å². The second-order valence-electron chi connectivity index (χ2n) is 7.91. The van der Waals surface area contributed by atoms with E-state index in [-0.39, 0.29) is 24.7 Å². The van der Waals surface area contributed by atoms with Crippen molar-refractivity contribution < 1.29 is 19.8 Å². The molecule has 0 aromatic carbocycles. The molecule has 28 heavy (non-hydrogen) atoms. The van der Waals surface area contributed by atoms with Gasteiger partial charge in [-0.25, -0.2) is 0 Å². The van der Waals surface area contributed by atoms with Crippen molar-refractivity contribution in [1.29, 1.82) is 0 Å². The van der Waals surface area contributed by atoms with E-state index in [0.29, 0.717) is 11.8 Å². The number of halogens is 2. The van der Waals surface area contributed by atoms with Crippen LogP contribution in [0.3, 0.4) is 0 Å². The molecule has 0 saturated carbocycles. The molecule has 0 heterocycles. The Morgan fingerprint density at radius 1 is 0.536 bits per heavy atom. The van der Waals surface area contributed by atoms with Crippen LogP contribution in [-0.4, -0.2) is 33.9 Å². The van der Waals surface area contributed by atoms with Crippen LogP contribution >= 0.6 is 23.2 Å². The van der Waals surface area contributed by atoms with Gasteiger partial charge in [0.25, 0.3) is 0 Å². The standard InChI is InChI=1S/C22H40Cl2O4/c23-15-11-7-3-1-5-9-13-19(17-21(25)26)20(18-22(27)28)14-10-6-2-4-8-12-16-24/h19-20H,1-18H2,(H,25,26)(H,27,28). The lowest BCUT2D eigenvalue weighted by Gasteiger charge is -2.25. The molecule has 2 atom stereocenters. The molecular formula is C22H40Cl2O4. The monoisotopic (exact) mass is 438 g/mol. The molecule has 0 aliphatic heterocycles. The van der Waals surface area contributed by atoms with Crippen LogP contribution in [0.15, 0.2) is 0 Å². The fourth-order valence-electron chi connectivity index (χ4n) is 3.87. The topological polar surface area (TPSA) is 74.6 Å². The molecule has 0 aromatic heterocycles. The largest absolute Gasteiger partial charge is 0.481 e. The first-order chi connectivity index (χ1) is 13.5. The van der Waals surface area contributed by atoms with Crippen LogP contribution in [0.1, 0.15) is 103 Å². The van der Waals surface area contributed by atoms with Gasteiger partial charge in [0.1, 0.15) is 0 Å². The number of rotatable bonds is 21. The summed E-state index contributed by atoms with van der Waals surface area (Å²) in [7, 11) is 0. The van der Waals surface area contributed by atoms with Gasteiger partial charge in [0.2, 0.25) is 0 Å². The molecule has 0 rings (SSSR count). The highest BCUT2D eigenvalue weighted by Gasteiger charge is 2.25. The van der Waals surface area contributed by atoms with E-state index in [0.717, 1.165) is 77.0 Å². The summed E-state index contributed by atoms with van der Waals surface area (Å²) in [5.41, 5.74) is 0. The average Bonchev–Trinajstić information content (AvgIpc) is 2.64. The highest BCUT2D eigenvalue weighted by atomic mass is 35.5. The van der Waals surface area contributed by atoms with Gasteiger partial charge in [0.15, 0.2) is 0 Å². The van der Waals surface area contributed by atoms with E-state index < -0.39 is 11.9 Å². The molecule has 0 spiro atoms.